The zero-order chi connectivity index (χ0) is 46.0. The largest absolute Gasteiger partial charge is 2.00 e. The predicted octanol–water partition coefficient (Wildman–Crippen LogP) is 13.7. The van der Waals surface area contributed by atoms with Gasteiger partial charge in [0.15, 0.2) is 0 Å². The molecule has 6 heterocycles. The van der Waals surface area contributed by atoms with Crippen LogP contribution in [0.5, 0.6) is 0 Å². The van der Waals surface area contributed by atoms with Crippen molar-refractivity contribution in [1.29, 1.82) is 0 Å². The maximum Gasteiger partial charge on any atom is 2.00 e. The minimum absolute atomic E-state index is 0. The van der Waals surface area contributed by atoms with Gasteiger partial charge in [0.25, 0.3) is 0 Å². The average Bonchev–Trinajstić information content (AvgIpc) is 4.13. The topological polar surface area (TPSA) is 77.3 Å². The van der Waals surface area contributed by atoms with E-state index in [-0.39, 0.29) is 21.1 Å². The molecule has 0 amide bonds. The van der Waals surface area contributed by atoms with Gasteiger partial charge >= 0.3 is 21.1 Å². The Morgan fingerprint density at radius 3 is 1.11 bits per heavy atom. The minimum atomic E-state index is -0.466. The van der Waals surface area contributed by atoms with Gasteiger partial charge in [-0.3, -0.25) is 19.9 Å². The van der Waals surface area contributed by atoms with E-state index in [9.17, 15) is 0 Å². The van der Waals surface area contributed by atoms with E-state index in [4.69, 9.17) is 9.97 Å². The molecule has 4 aliphatic carbocycles. The predicted molar refractivity (Wildman–Crippen MR) is 276 cm³/mol. The number of nitrogens with zero attached hydrogens (tertiary/aromatic N) is 6. The van der Waals surface area contributed by atoms with Crippen LogP contribution in [-0.2, 0) is 31.9 Å². The summed E-state index contributed by atoms with van der Waals surface area (Å²) in [4.78, 5) is 27.6. The van der Waals surface area contributed by atoms with Gasteiger partial charge in [-0.1, -0.05) is 130 Å². The van der Waals surface area contributed by atoms with Crippen molar-refractivity contribution in [2.75, 3.05) is 0 Å². The van der Waals surface area contributed by atoms with Crippen molar-refractivity contribution in [1.82, 2.24) is 29.9 Å². The van der Waals surface area contributed by atoms with Gasteiger partial charge in [-0.05, 0) is 91.6 Å². The monoisotopic (exact) mass is 1080 g/mol. The Kier molecular flexibility index (Phi) is 9.17. The zero-order valence-electron chi connectivity index (χ0n) is 37.8. The number of fused-ring (bicyclic) bond motifs is 22. The molecule has 4 aliphatic rings. The maximum absolute atomic E-state index is 4.86. The fraction of sp³-hybridized carbons (Fsp3) is 0.0312. The smallest absolute Gasteiger partial charge is 0.304 e. The van der Waals surface area contributed by atoms with E-state index in [1.165, 1.54) is 77.2 Å². The van der Waals surface area contributed by atoms with Crippen LogP contribution >= 0.6 is 0 Å². The molecule has 16 rings (SSSR count). The fourth-order valence-corrected chi connectivity index (χ4v) is 12.5. The van der Waals surface area contributed by atoms with Gasteiger partial charge in [0.1, 0.15) is 0 Å². The summed E-state index contributed by atoms with van der Waals surface area (Å²) >= 11 is 0. The summed E-state index contributed by atoms with van der Waals surface area (Å²) in [5.41, 5.74) is 22.2. The number of pyridine rings is 6. The van der Waals surface area contributed by atoms with Crippen molar-refractivity contribution < 1.29 is 21.1 Å². The molecule has 0 unspecified atom stereocenters. The first kappa shape index (κ1) is 41.4. The molecule has 0 radical (unpaired) electrons. The van der Waals surface area contributed by atoms with Gasteiger partial charge in [-0.2, -0.15) is 0 Å². The summed E-state index contributed by atoms with van der Waals surface area (Å²) in [6, 6.07) is 63.5. The van der Waals surface area contributed by atoms with Crippen molar-refractivity contribution in [2.24, 2.45) is 0 Å². The third-order valence-corrected chi connectivity index (χ3v) is 15.3. The van der Waals surface area contributed by atoms with E-state index in [1.807, 2.05) is 74.1 Å². The molecule has 0 N–H and O–H groups in total. The molecule has 6 aromatic heterocycles. The third kappa shape index (κ3) is 5.57. The number of aromatic nitrogens is 6. The van der Waals surface area contributed by atoms with Crippen LogP contribution < -0.4 is 0 Å². The zero-order valence-corrected chi connectivity index (χ0v) is 40.1. The van der Waals surface area contributed by atoms with E-state index in [2.05, 4.69) is 178 Å². The van der Waals surface area contributed by atoms with Gasteiger partial charge < -0.3 is 9.97 Å². The fourth-order valence-electron chi connectivity index (χ4n) is 12.5. The van der Waals surface area contributed by atoms with Gasteiger partial charge in [0.05, 0.1) is 0 Å². The molecule has 6 aromatic carbocycles. The molecular weight excluding hydrogens is 1050 g/mol. The third-order valence-electron chi connectivity index (χ3n) is 15.3. The minimum Gasteiger partial charge on any atom is -0.304 e. The molecule has 2 spiro atoms. The van der Waals surface area contributed by atoms with Crippen LogP contribution in [0.2, 0.25) is 0 Å². The average molecular weight is 1080 g/mol. The van der Waals surface area contributed by atoms with Crippen molar-refractivity contribution in [3.8, 4) is 67.0 Å². The van der Waals surface area contributed by atoms with E-state index >= 15 is 0 Å². The van der Waals surface area contributed by atoms with Gasteiger partial charge in [0.2, 0.25) is 0 Å². The Balaban J connectivity index is 0.000000131. The SMILES string of the molecule is [Pt+2].[c-]1cc(-c2cccc3ccccc23)cc2c1-c1ncccc1C21c2ccncc2-c2cnccc21.[c-]1cc(-c2cccc3ccccc23)cc2c1-c1ncccc1C21c2ccncc2-c2cnccc21. The molecule has 6 nitrogen and oxygen atoms in total. The van der Waals surface area contributed by atoms with Crippen LogP contribution in [0.3, 0.4) is 0 Å². The summed E-state index contributed by atoms with van der Waals surface area (Å²) in [6.07, 6.45) is 19.2. The summed E-state index contributed by atoms with van der Waals surface area (Å²) in [5.74, 6) is 0. The summed E-state index contributed by atoms with van der Waals surface area (Å²) in [6.45, 7) is 0. The van der Waals surface area contributed by atoms with E-state index in [0.717, 1.165) is 55.9 Å². The van der Waals surface area contributed by atoms with Crippen molar-refractivity contribution in [3.63, 3.8) is 0 Å². The number of hydrogen-bond donors (Lipinski definition) is 0. The van der Waals surface area contributed by atoms with Crippen molar-refractivity contribution in [2.45, 2.75) is 10.8 Å². The normalized spacial score (nSPS) is 13.7. The van der Waals surface area contributed by atoms with Gasteiger partial charge in [-0.15, -0.1) is 58.7 Å². The number of benzene rings is 6. The molecule has 7 heteroatoms. The van der Waals surface area contributed by atoms with E-state index in [1.54, 1.807) is 0 Å². The molecular formula is C64H36N6Pt. The number of rotatable bonds is 2. The van der Waals surface area contributed by atoms with Crippen LogP contribution in [0.25, 0.3) is 88.6 Å². The second-order valence-corrected chi connectivity index (χ2v) is 18.4. The molecule has 0 aliphatic heterocycles. The quantitative estimate of drug-likeness (QED) is 0.161. The van der Waals surface area contributed by atoms with Gasteiger partial charge in [0, 0.05) is 95.1 Å². The molecule has 12 aromatic rings. The second kappa shape index (κ2) is 15.7. The van der Waals surface area contributed by atoms with E-state index < -0.39 is 10.8 Å². The van der Waals surface area contributed by atoms with Crippen LogP contribution in [-0.4, -0.2) is 29.9 Å². The van der Waals surface area contributed by atoms with Crippen LogP contribution in [0.4, 0.5) is 0 Å². The molecule has 332 valence electrons. The first-order valence-electron chi connectivity index (χ1n) is 23.5. The molecule has 0 saturated carbocycles. The van der Waals surface area contributed by atoms with E-state index in [0.29, 0.717) is 0 Å². The Morgan fingerprint density at radius 1 is 0.324 bits per heavy atom. The maximum atomic E-state index is 4.86. The Labute approximate surface area is 424 Å². The molecule has 0 fully saturated rings. The molecule has 71 heavy (non-hydrogen) atoms. The first-order chi connectivity index (χ1) is 34.7. The van der Waals surface area contributed by atoms with Crippen LogP contribution in [0.1, 0.15) is 44.5 Å². The molecule has 0 atom stereocenters. The van der Waals surface area contributed by atoms with Crippen molar-refractivity contribution >= 4 is 21.5 Å². The van der Waals surface area contributed by atoms with Crippen molar-refractivity contribution in [3.05, 3.63) is 276 Å². The summed E-state index contributed by atoms with van der Waals surface area (Å²) in [5, 5.41) is 4.95. The molecule has 0 bridgehead atoms. The standard InChI is InChI=1S/2C32H18N3.Pt/c2*1-2-7-22-20(5-1)6-3-8-23(22)21-10-11-24-30(17-21)32(29-9-4-14-35-31(24)29)27-12-15-33-18-25(27)26-19-34-16-13-28(26)32;/h2*1-10,12-19H;/q2*-1;+2. The first-order valence-corrected chi connectivity index (χ1v) is 23.5. The molecule has 0 saturated heterocycles. The Bertz CT molecular complexity index is 3780. The second-order valence-electron chi connectivity index (χ2n) is 18.4. The summed E-state index contributed by atoms with van der Waals surface area (Å²) < 4.78 is 0. The van der Waals surface area contributed by atoms with Crippen LogP contribution in [0.15, 0.2) is 220 Å². The Morgan fingerprint density at radius 2 is 0.704 bits per heavy atom. The van der Waals surface area contributed by atoms with Gasteiger partial charge in [-0.25, -0.2) is 0 Å². The van der Waals surface area contributed by atoms with Crippen LogP contribution in [0, 0.1) is 12.1 Å². The Hall–Kier alpha value is -8.57. The number of hydrogen-bond acceptors (Lipinski definition) is 6. The summed E-state index contributed by atoms with van der Waals surface area (Å²) in [7, 11) is 0.